The van der Waals surface area contributed by atoms with Crippen LogP contribution in [-0.2, 0) is 0 Å². The Hall–Kier alpha value is -1.23. The van der Waals surface area contributed by atoms with Crippen LogP contribution in [0.4, 0.5) is 5.95 Å². The van der Waals surface area contributed by atoms with Crippen LogP contribution < -0.4 is 5.32 Å². The standard InChI is InChI=1S/C13H18N4S/c1-9-6-7-12-15-13(16-17(12)8-9)14-10-4-3-5-11(10)18-2/h6-8,10-11H,3-5H2,1-2H3,(H,14,16). The van der Waals surface area contributed by atoms with Gasteiger partial charge in [-0.1, -0.05) is 12.5 Å². The Morgan fingerprint density at radius 1 is 1.39 bits per heavy atom. The molecule has 1 aliphatic rings. The lowest BCUT2D eigenvalue weighted by atomic mass is 10.2. The summed E-state index contributed by atoms with van der Waals surface area (Å²) in [6, 6.07) is 4.58. The molecule has 2 aromatic rings. The number of hydrogen-bond acceptors (Lipinski definition) is 4. The predicted molar refractivity (Wildman–Crippen MR) is 76.3 cm³/mol. The van der Waals surface area contributed by atoms with Gasteiger partial charge in [0.2, 0.25) is 5.95 Å². The summed E-state index contributed by atoms with van der Waals surface area (Å²) >= 11 is 1.94. The molecule has 0 radical (unpaired) electrons. The normalized spacial score (nSPS) is 23.7. The molecule has 2 unspecified atom stereocenters. The number of aromatic nitrogens is 3. The summed E-state index contributed by atoms with van der Waals surface area (Å²) in [5.74, 6) is 0.756. The third-order valence-corrected chi connectivity index (χ3v) is 4.72. The molecule has 2 aromatic heterocycles. The van der Waals surface area contributed by atoms with Crippen LogP contribution in [0, 0.1) is 6.92 Å². The third-order valence-electron chi connectivity index (χ3n) is 3.55. The molecule has 5 heteroatoms. The lowest BCUT2D eigenvalue weighted by Gasteiger charge is -2.17. The van der Waals surface area contributed by atoms with Crippen molar-refractivity contribution in [3.8, 4) is 0 Å². The molecule has 2 heterocycles. The number of pyridine rings is 1. The third kappa shape index (κ3) is 2.19. The maximum Gasteiger partial charge on any atom is 0.243 e. The molecule has 2 atom stereocenters. The molecule has 0 bridgehead atoms. The van der Waals surface area contributed by atoms with E-state index in [0.29, 0.717) is 11.3 Å². The summed E-state index contributed by atoms with van der Waals surface area (Å²) in [5.41, 5.74) is 2.10. The minimum Gasteiger partial charge on any atom is -0.349 e. The summed E-state index contributed by atoms with van der Waals surface area (Å²) in [5, 5.41) is 8.67. The van der Waals surface area contributed by atoms with E-state index >= 15 is 0 Å². The van der Waals surface area contributed by atoms with Gasteiger partial charge in [0, 0.05) is 17.5 Å². The van der Waals surface area contributed by atoms with Crippen LogP contribution in [0.2, 0.25) is 0 Å². The second kappa shape index (κ2) is 4.80. The largest absolute Gasteiger partial charge is 0.349 e. The monoisotopic (exact) mass is 262 g/mol. The van der Waals surface area contributed by atoms with Crippen LogP contribution in [0.15, 0.2) is 18.3 Å². The highest BCUT2D eigenvalue weighted by Crippen LogP contribution is 2.30. The average molecular weight is 262 g/mol. The number of nitrogens with one attached hydrogen (secondary N) is 1. The van der Waals surface area contributed by atoms with Gasteiger partial charge in [-0.3, -0.25) is 0 Å². The van der Waals surface area contributed by atoms with Gasteiger partial charge in [-0.15, -0.1) is 5.10 Å². The number of hydrogen-bond donors (Lipinski definition) is 1. The number of anilines is 1. The minimum atomic E-state index is 0.513. The topological polar surface area (TPSA) is 42.2 Å². The number of rotatable bonds is 3. The van der Waals surface area contributed by atoms with E-state index in [2.05, 4.69) is 34.6 Å². The molecular weight excluding hydrogens is 244 g/mol. The highest BCUT2D eigenvalue weighted by atomic mass is 32.2. The molecular formula is C13H18N4S. The van der Waals surface area contributed by atoms with Gasteiger partial charge in [0.1, 0.15) is 0 Å². The van der Waals surface area contributed by atoms with Crippen molar-refractivity contribution in [1.29, 1.82) is 0 Å². The summed E-state index contributed by atoms with van der Waals surface area (Å²) in [6.45, 7) is 2.06. The van der Waals surface area contributed by atoms with Gasteiger partial charge >= 0.3 is 0 Å². The fourth-order valence-electron chi connectivity index (χ4n) is 2.59. The van der Waals surface area contributed by atoms with Crippen LogP contribution >= 0.6 is 11.8 Å². The Balaban J connectivity index is 1.82. The Bertz CT molecular complexity index is 551. The van der Waals surface area contributed by atoms with Crippen LogP contribution in [0.3, 0.4) is 0 Å². The second-order valence-corrected chi connectivity index (χ2v) is 5.98. The quantitative estimate of drug-likeness (QED) is 0.923. The Kier molecular flexibility index (Phi) is 3.16. The Morgan fingerprint density at radius 3 is 3.11 bits per heavy atom. The zero-order valence-electron chi connectivity index (χ0n) is 10.8. The van der Waals surface area contributed by atoms with Crippen molar-refractivity contribution in [3.63, 3.8) is 0 Å². The maximum atomic E-state index is 4.52. The highest BCUT2D eigenvalue weighted by Gasteiger charge is 2.27. The SMILES string of the molecule is CSC1CCCC1Nc1nc2ccc(C)cn2n1. The lowest BCUT2D eigenvalue weighted by molar-refractivity contribution is 0.755. The van der Waals surface area contributed by atoms with E-state index in [9.17, 15) is 0 Å². The Labute approximate surface area is 111 Å². The average Bonchev–Trinajstić information content (AvgIpc) is 2.94. The molecule has 0 amide bonds. The number of nitrogens with zero attached hydrogens (tertiary/aromatic N) is 3. The minimum absolute atomic E-state index is 0.513. The van der Waals surface area contributed by atoms with Gasteiger partial charge in [-0.2, -0.15) is 16.7 Å². The molecule has 0 saturated heterocycles. The first-order valence-electron chi connectivity index (χ1n) is 6.38. The summed E-state index contributed by atoms with van der Waals surface area (Å²) in [4.78, 5) is 4.52. The van der Waals surface area contributed by atoms with Crippen LogP contribution in [0.25, 0.3) is 5.65 Å². The molecule has 0 aliphatic heterocycles. The molecule has 18 heavy (non-hydrogen) atoms. The van der Waals surface area contributed by atoms with Crippen molar-refractivity contribution in [2.75, 3.05) is 11.6 Å². The fourth-order valence-corrected chi connectivity index (χ4v) is 3.52. The summed E-state index contributed by atoms with van der Waals surface area (Å²) in [6.07, 6.45) is 8.01. The van der Waals surface area contributed by atoms with Gasteiger partial charge in [-0.25, -0.2) is 4.52 Å². The zero-order valence-corrected chi connectivity index (χ0v) is 11.6. The molecule has 4 nitrogen and oxygen atoms in total. The van der Waals surface area contributed by atoms with E-state index < -0.39 is 0 Å². The Morgan fingerprint density at radius 2 is 2.28 bits per heavy atom. The van der Waals surface area contributed by atoms with Crippen molar-refractivity contribution < 1.29 is 0 Å². The van der Waals surface area contributed by atoms with Crippen molar-refractivity contribution >= 4 is 23.4 Å². The molecule has 1 N–H and O–H groups in total. The molecule has 1 fully saturated rings. The first kappa shape index (κ1) is 11.8. The van der Waals surface area contributed by atoms with Crippen molar-refractivity contribution in [2.45, 2.75) is 37.5 Å². The van der Waals surface area contributed by atoms with Crippen molar-refractivity contribution in [3.05, 3.63) is 23.9 Å². The molecule has 3 rings (SSSR count). The molecule has 96 valence electrons. The van der Waals surface area contributed by atoms with Gasteiger partial charge in [0.05, 0.1) is 0 Å². The first-order valence-corrected chi connectivity index (χ1v) is 7.67. The van der Waals surface area contributed by atoms with E-state index in [1.165, 1.54) is 24.8 Å². The number of thioether (sulfide) groups is 1. The van der Waals surface area contributed by atoms with Crippen LogP contribution in [0.5, 0.6) is 0 Å². The van der Waals surface area contributed by atoms with Gasteiger partial charge in [-0.05, 0) is 37.7 Å². The number of fused-ring (bicyclic) bond motifs is 1. The molecule has 0 spiro atoms. The molecule has 0 aromatic carbocycles. The predicted octanol–water partition coefficient (Wildman–Crippen LogP) is 2.73. The second-order valence-electron chi connectivity index (χ2n) is 4.90. The summed E-state index contributed by atoms with van der Waals surface area (Å²) in [7, 11) is 0. The van der Waals surface area contributed by atoms with Gasteiger partial charge in [0.15, 0.2) is 5.65 Å². The lowest BCUT2D eigenvalue weighted by Crippen LogP contribution is -2.26. The molecule has 1 aliphatic carbocycles. The number of aryl methyl sites for hydroxylation is 1. The van der Waals surface area contributed by atoms with E-state index in [-0.39, 0.29) is 0 Å². The van der Waals surface area contributed by atoms with Crippen LogP contribution in [-0.4, -0.2) is 32.1 Å². The highest BCUT2D eigenvalue weighted by molar-refractivity contribution is 7.99. The maximum absolute atomic E-state index is 4.52. The van der Waals surface area contributed by atoms with Crippen molar-refractivity contribution in [1.82, 2.24) is 14.6 Å². The van der Waals surface area contributed by atoms with Gasteiger partial charge in [0.25, 0.3) is 0 Å². The van der Waals surface area contributed by atoms with Gasteiger partial charge < -0.3 is 5.32 Å². The van der Waals surface area contributed by atoms with E-state index in [1.54, 1.807) is 0 Å². The van der Waals surface area contributed by atoms with E-state index in [0.717, 1.165) is 11.6 Å². The summed E-state index contributed by atoms with van der Waals surface area (Å²) < 4.78 is 1.85. The van der Waals surface area contributed by atoms with Crippen molar-refractivity contribution in [2.24, 2.45) is 0 Å². The molecule has 1 saturated carbocycles. The van der Waals surface area contributed by atoms with E-state index in [1.807, 2.05) is 28.5 Å². The first-order chi connectivity index (χ1) is 8.76. The van der Waals surface area contributed by atoms with Crippen LogP contribution in [0.1, 0.15) is 24.8 Å². The fraction of sp³-hybridized carbons (Fsp3) is 0.538. The zero-order chi connectivity index (χ0) is 12.5. The smallest absolute Gasteiger partial charge is 0.243 e. The van der Waals surface area contributed by atoms with E-state index in [4.69, 9.17) is 0 Å².